The summed E-state index contributed by atoms with van der Waals surface area (Å²) in [6, 6.07) is 5.95. The Morgan fingerprint density at radius 1 is 1.19 bits per heavy atom. The van der Waals surface area contributed by atoms with E-state index >= 15 is 0 Å². The van der Waals surface area contributed by atoms with Crippen molar-refractivity contribution in [3.63, 3.8) is 0 Å². The fourth-order valence-corrected chi connectivity index (χ4v) is 3.34. The van der Waals surface area contributed by atoms with Gasteiger partial charge in [-0.25, -0.2) is 0 Å². The van der Waals surface area contributed by atoms with Crippen LogP contribution in [0, 0.1) is 0 Å². The van der Waals surface area contributed by atoms with E-state index < -0.39 is 5.91 Å². The molecule has 3 rings (SSSR count). The molecule has 0 bridgehead atoms. The number of fused-ring (bicyclic) bond motifs is 1. The zero-order valence-electron chi connectivity index (χ0n) is 12.1. The molecule has 0 spiro atoms. The average Bonchev–Trinajstić information content (AvgIpc) is 3.13. The highest BCUT2D eigenvalue weighted by Gasteiger charge is 2.29. The summed E-state index contributed by atoms with van der Waals surface area (Å²) in [6.45, 7) is 1.67. The maximum Gasteiger partial charge on any atom is 0.254 e. The molecule has 0 radical (unpaired) electrons. The lowest BCUT2D eigenvalue weighted by atomic mass is 10.0. The fourth-order valence-electron chi connectivity index (χ4n) is 3.34. The van der Waals surface area contributed by atoms with Gasteiger partial charge in [0.2, 0.25) is 5.91 Å². The van der Waals surface area contributed by atoms with Gasteiger partial charge in [-0.2, -0.15) is 0 Å². The van der Waals surface area contributed by atoms with Crippen LogP contribution < -0.4 is 11.1 Å². The van der Waals surface area contributed by atoms with E-state index in [4.69, 9.17) is 5.73 Å². The van der Waals surface area contributed by atoms with Gasteiger partial charge in [0.05, 0.1) is 6.54 Å². The molecule has 0 aromatic heterocycles. The zero-order chi connectivity index (χ0) is 14.8. The van der Waals surface area contributed by atoms with E-state index in [2.05, 4.69) is 5.32 Å². The number of hydrogen-bond donors (Lipinski definition) is 2. The number of primary amides is 1. The molecule has 0 unspecified atom stereocenters. The summed E-state index contributed by atoms with van der Waals surface area (Å²) in [5.41, 5.74) is 8.40. The molecular weight excluding hydrogens is 266 g/mol. The summed E-state index contributed by atoms with van der Waals surface area (Å²) in [6.07, 6.45) is 4.15. The van der Waals surface area contributed by atoms with Crippen molar-refractivity contribution in [2.24, 2.45) is 5.73 Å². The first kappa shape index (κ1) is 14.1. The summed E-state index contributed by atoms with van der Waals surface area (Å²) in [7, 11) is 0. The average molecular weight is 287 g/mol. The van der Waals surface area contributed by atoms with Gasteiger partial charge in [0, 0.05) is 24.7 Å². The van der Waals surface area contributed by atoms with Crippen molar-refractivity contribution >= 4 is 11.8 Å². The summed E-state index contributed by atoms with van der Waals surface area (Å²) >= 11 is 0. The van der Waals surface area contributed by atoms with Crippen LogP contribution in [0.15, 0.2) is 18.2 Å². The van der Waals surface area contributed by atoms with Gasteiger partial charge in [-0.15, -0.1) is 0 Å². The van der Waals surface area contributed by atoms with E-state index in [-0.39, 0.29) is 18.5 Å². The molecule has 5 heteroatoms. The largest absolute Gasteiger partial charge is 0.368 e. The lowest BCUT2D eigenvalue weighted by Gasteiger charge is -2.28. The van der Waals surface area contributed by atoms with Crippen LogP contribution in [0.4, 0.5) is 0 Å². The lowest BCUT2D eigenvalue weighted by Crippen LogP contribution is -2.44. The monoisotopic (exact) mass is 287 g/mol. The number of nitrogens with one attached hydrogen (secondary N) is 1. The first-order valence-electron chi connectivity index (χ1n) is 7.57. The Hall–Kier alpha value is -1.88. The standard InChI is InChI=1S/C16H21N3O2/c17-15(20)10-19(14-3-1-2-4-14)16(21)11-5-6-12-8-18-9-13(12)7-11/h5-7,14,18H,1-4,8-10H2,(H2,17,20). The van der Waals surface area contributed by atoms with Crippen molar-refractivity contribution in [3.05, 3.63) is 34.9 Å². The second-order valence-electron chi connectivity index (χ2n) is 5.92. The van der Waals surface area contributed by atoms with Crippen molar-refractivity contribution < 1.29 is 9.59 Å². The van der Waals surface area contributed by atoms with Gasteiger partial charge in [-0.1, -0.05) is 18.9 Å². The Kier molecular flexibility index (Phi) is 3.92. The van der Waals surface area contributed by atoms with Crippen LogP contribution >= 0.6 is 0 Å². The molecule has 1 fully saturated rings. The first-order chi connectivity index (χ1) is 10.1. The molecule has 2 amide bonds. The van der Waals surface area contributed by atoms with Gasteiger partial charge < -0.3 is 16.0 Å². The molecule has 112 valence electrons. The number of nitrogens with two attached hydrogens (primary N) is 1. The molecular formula is C16H21N3O2. The van der Waals surface area contributed by atoms with E-state index in [1.54, 1.807) is 4.90 Å². The van der Waals surface area contributed by atoms with Gasteiger partial charge >= 0.3 is 0 Å². The van der Waals surface area contributed by atoms with Gasteiger partial charge in [-0.05, 0) is 36.1 Å². The van der Waals surface area contributed by atoms with Crippen LogP contribution in [0.3, 0.4) is 0 Å². The molecule has 1 aromatic rings. The van der Waals surface area contributed by atoms with E-state index in [0.717, 1.165) is 38.8 Å². The predicted molar refractivity (Wildman–Crippen MR) is 79.5 cm³/mol. The van der Waals surface area contributed by atoms with Gasteiger partial charge in [0.15, 0.2) is 0 Å². The van der Waals surface area contributed by atoms with Gasteiger partial charge in [-0.3, -0.25) is 9.59 Å². The summed E-state index contributed by atoms with van der Waals surface area (Å²) in [4.78, 5) is 25.7. The summed E-state index contributed by atoms with van der Waals surface area (Å²) in [5.74, 6) is -0.520. The maximum atomic E-state index is 12.8. The second kappa shape index (κ2) is 5.85. The molecule has 1 aliphatic heterocycles. The van der Waals surface area contributed by atoms with Crippen LogP contribution in [0.1, 0.15) is 47.2 Å². The molecule has 1 aromatic carbocycles. The number of rotatable bonds is 4. The third-order valence-electron chi connectivity index (χ3n) is 4.44. The molecule has 1 heterocycles. The third kappa shape index (κ3) is 2.93. The highest BCUT2D eigenvalue weighted by molar-refractivity contribution is 5.96. The lowest BCUT2D eigenvalue weighted by molar-refractivity contribution is -0.119. The molecule has 21 heavy (non-hydrogen) atoms. The SMILES string of the molecule is NC(=O)CN(C(=O)c1ccc2c(c1)CNC2)C1CCCC1. The minimum atomic E-state index is -0.446. The first-order valence-corrected chi connectivity index (χ1v) is 7.57. The van der Waals surface area contributed by atoms with Crippen LogP contribution in [0.2, 0.25) is 0 Å². The Morgan fingerprint density at radius 2 is 1.90 bits per heavy atom. The highest BCUT2D eigenvalue weighted by atomic mass is 16.2. The quantitative estimate of drug-likeness (QED) is 0.872. The minimum Gasteiger partial charge on any atom is -0.368 e. The minimum absolute atomic E-state index is 0.0127. The Labute approximate surface area is 124 Å². The predicted octanol–water partition coefficient (Wildman–Crippen LogP) is 1.16. The molecule has 1 saturated carbocycles. The van der Waals surface area contributed by atoms with E-state index in [1.807, 2.05) is 18.2 Å². The van der Waals surface area contributed by atoms with Crippen LogP contribution in [-0.2, 0) is 17.9 Å². The molecule has 0 atom stereocenters. The zero-order valence-corrected chi connectivity index (χ0v) is 12.1. The van der Waals surface area contributed by atoms with Gasteiger partial charge in [0.25, 0.3) is 5.91 Å². The topological polar surface area (TPSA) is 75.4 Å². The van der Waals surface area contributed by atoms with Crippen LogP contribution in [0.5, 0.6) is 0 Å². The van der Waals surface area contributed by atoms with Crippen molar-refractivity contribution in [1.29, 1.82) is 0 Å². The Morgan fingerprint density at radius 3 is 2.62 bits per heavy atom. The Bertz CT molecular complexity index is 565. The van der Waals surface area contributed by atoms with Crippen LogP contribution in [0.25, 0.3) is 0 Å². The summed E-state index contributed by atoms with van der Waals surface area (Å²) in [5, 5.41) is 3.27. The number of hydrogen-bond acceptors (Lipinski definition) is 3. The Balaban J connectivity index is 1.84. The van der Waals surface area contributed by atoms with Crippen LogP contribution in [-0.4, -0.2) is 29.3 Å². The molecule has 2 aliphatic rings. The third-order valence-corrected chi connectivity index (χ3v) is 4.44. The number of amides is 2. The fraction of sp³-hybridized carbons (Fsp3) is 0.500. The van der Waals surface area contributed by atoms with Gasteiger partial charge in [0.1, 0.15) is 0 Å². The molecule has 1 aliphatic carbocycles. The number of nitrogens with zero attached hydrogens (tertiary/aromatic N) is 1. The summed E-state index contributed by atoms with van der Waals surface area (Å²) < 4.78 is 0. The van der Waals surface area contributed by atoms with E-state index in [9.17, 15) is 9.59 Å². The smallest absolute Gasteiger partial charge is 0.254 e. The van der Waals surface area contributed by atoms with Crippen molar-refractivity contribution in [2.45, 2.75) is 44.8 Å². The van der Waals surface area contributed by atoms with E-state index in [1.165, 1.54) is 11.1 Å². The van der Waals surface area contributed by atoms with Crippen molar-refractivity contribution in [3.8, 4) is 0 Å². The maximum absolute atomic E-state index is 12.8. The van der Waals surface area contributed by atoms with Crippen molar-refractivity contribution in [1.82, 2.24) is 10.2 Å². The molecule has 0 saturated heterocycles. The molecule has 5 nitrogen and oxygen atoms in total. The highest BCUT2D eigenvalue weighted by Crippen LogP contribution is 2.25. The normalized spacial score (nSPS) is 17.7. The number of benzene rings is 1. The number of carbonyl (C=O) groups is 2. The number of carbonyl (C=O) groups excluding carboxylic acids is 2. The van der Waals surface area contributed by atoms with Crippen molar-refractivity contribution in [2.75, 3.05) is 6.54 Å². The molecule has 3 N–H and O–H groups in total. The van der Waals surface area contributed by atoms with E-state index in [0.29, 0.717) is 5.56 Å². The second-order valence-corrected chi connectivity index (χ2v) is 5.92.